The number of pyridine rings is 1. The summed E-state index contributed by atoms with van der Waals surface area (Å²) in [4.78, 5) is 12.9. The second kappa shape index (κ2) is 5.43. The molecule has 1 heterocycles. The summed E-state index contributed by atoms with van der Waals surface area (Å²) < 4.78 is 57.2. The Morgan fingerprint density at radius 3 is 2.21 bits per heavy atom. The molecule has 0 saturated heterocycles. The Morgan fingerprint density at radius 1 is 1.17 bits per heavy atom. The maximum absolute atomic E-state index is 14.2. The molecule has 0 bridgehead atoms. The van der Waals surface area contributed by atoms with E-state index in [-0.39, 0.29) is 15.7 Å². The lowest BCUT2D eigenvalue weighted by Gasteiger charge is -2.46. The molecule has 0 fully saturated rings. The van der Waals surface area contributed by atoms with E-state index in [2.05, 4.69) is 20.9 Å². The van der Waals surface area contributed by atoms with E-state index in [9.17, 15) is 25.7 Å². The zero-order valence-corrected chi connectivity index (χ0v) is 14.7. The molecule has 1 aromatic carbocycles. The number of nitro benzene ring substituents is 1. The van der Waals surface area contributed by atoms with Crippen molar-refractivity contribution in [3.05, 3.63) is 68.2 Å². The molecule has 130 valence electrons. The van der Waals surface area contributed by atoms with Gasteiger partial charge in [0.25, 0.3) is 5.69 Å². The molecule has 11 heteroatoms. The second-order valence-electron chi connectivity index (χ2n) is 4.72. The first-order chi connectivity index (χ1) is 10.8. The molecule has 0 aliphatic carbocycles. The number of nitrogens with zero attached hydrogens (tertiary/aromatic N) is 2. The predicted octanol–water partition coefficient (Wildman–Crippen LogP) is 6.76. The number of hydrogen-bond acceptors (Lipinski definition) is 3. The van der Waals surface area contributed by atoms with Crippen LogP contribution in [-0.4, -0.2) is 9.91 Å². The van der Waals surface area contributed by atoms with Gasteiger partial charge in [-0.1, -0.05) is 11.6 Å². The van der Waals surface area contributed by atoms with Gasteiger partial charge >= 0.3 is 0 Å². The topological polar surface area (TPSA) is 56.0 Å². The summed E-state index contributed by atoms with van der Waals surface area (Å²) in [6.07, 6.45) is 0.821. The van der Waals surface area contributed by atoms with Crippen molar-refractivity contribution in [2.45, 2.75) is 5.03 Å². The molecule has 1 aromatic heterocycles. The predicted molar refractivity (Wildman–Crippen MR) is 89.2 cm³/mol. The minimum Gasteiger partial charge on any atom is -0.258 e. The van der Waals surface area contributed by atoms with E-state index in [1.807, 2.05) is 0 Å². The van der Waals surface area contributed by atoms with Crippen molar-refractivity contribution in [1.82, 2.24) is 4.98 Å². The van der Waals surface area contributed by atoms with E-state index in [4.69, 9.17) is 11.6 Å². The van der Waals surface area contributed by atoms with Crippen LogP contribution in [0.5, 0.6) is 0 Å². The van der Waals surface area contributed by atoms with Crippen LogP contribution in [0.2, 0.25) is 0 Å². The lowest BCUT2D eigenvalue weighted by molar-refractivity contribution is -0.384. The number of halogens is 6. The molecular weight excluding hydrogens is 440 g/mol. The fourth-order valence-corrected chi connectivity index (χ4v) is 3.89. The first-order valence-corrected chi connectivity index (χ1v) is 9.35. The third-order valence-electron chi connectivity index (χ3n) is 2.83. The largest absolute Gasteiger partial charge is 0.269 e. The molecule has 0 amide bonds. The highest BCUT2D eigenvalue weighted by Crippen LogP contribution is 3.01. The molecule has 0 saturated carbocycles. The Bertz CT molecular complexity index is 838. The van der Waals surface area contributed by atoms with Crippen LogP contribution in [0.25, 0.3) is 5.03 Å². The molecule has 0 radical (unpaired) electrons. The van der Waals surface area contributed by atoms with E-state index in [1.165, 1.54) is 0 Å². The Hall–Kier alpha value is -1.65. The molecule has 2 rings (SSSR count). The summed E-state index contributed by atoms with van der Waals surface area (Å²) >= 11 is 8.52. The SMILES string of the molecule is O=[N+]([O-])c1ccc(/C(Cl)=C\S(F)(F)(F)(F)c2ccc(Br)cn2)cc1. The van der Waals surface area contributed by atoms with Gasteiger partial charge in [0.05, 0.1) is 15.4 Å². The minimum atomic E-state index is -8.88. The normalized spacial score (nSPS) is 15.5. The molecule has 0 aliphatic rings. The van der Waals surface area contributed by atoms with Gasteiger partial charge in [0.15, 0.2) is 5.03 Å². The Morgan fingerprint density at radius 2 is 1.75 bits per heavy atom. The third kappa shape index (κ3) is 4.05. The van der Waals surface area contributed by atoms with Gasteiger partial charge in [-0.05, 0) is 45.8 Å². The zero-order chi connectivity index (χ0) is 18.2. The van der Waals surface area contributed by atoms with Crippen LogP contribution in [0.3, 0.4) is 0 Å². The number of rotatable bonds is 4. The van der Waals surface area contributed by atoms with Crippen molar-refractivity contribution in [3.63, 3.8) is 0 Å². The first-order valence-electron chi connectivity index (χ1n) is 6.06. The number of hydrogen-bond donors (Lipinski definition) is 0. The Balaban J connectivity index is 2.52. The van der Waals surface area contributed by atoms with Gasteiger partial charge in [0.1, 0.15) is 0 Å². The van der Waals surface area contributed by atoms with Gasteiger partial charge < -0.3 is 0 Å². The summed E-state index contributed by atoms with van der Waals surface area (Å²) in [5, 5.41) is 7.29. The molecule has 24 heavy (non-hydrogen) atoms. The van der Waals surface area contributed by atoms with Crippen LogP contribution < -0.4 is 0 Å². The quantitative estimate of drug-likeness (QED) is 0.295. The van der Waals surface area contributed by atoms with Gasteiger partial charge in [-0.3, -0.25) is 10.1 Å². The monoisotopic (exact) mass is 446 g/mol. The van der Waals surface area contributed by atoms with Gasteiger partial charge in [-0.25, -0.2) is 4.98 Å². The van der Waals surface area contributed by atoms with Crippen LogP contribution in [0.15, 0.2) is 57.5 Å². The number of benzene rings is 1. The van der Waals surface area contributed by atoms with E-state index >= 15 is 0 Å². The van der Waals surface area contributed by atoms with Crippen molar-refractivity contribution in [1.29, 1.82) is 0 Å². The van der Waals surface area contributed by atoms with Crippen molar-refractivity contribution in [3.8, 4) is 0 Å². The average molecular weight is 448 g/mol. The maximum Gasteiger partial charge on any atom is 0.269 e. The third-order valence-corrected chi connectivity index (χ3v) is 5.58. The van der Waals surface area contributed by atoms with Gasteiger partial charge in [0.2, 0.25) is 9.84 Å². The van der Waals surface area contributed by atoms with E-state index < -0.39 is 30.2 Å². The highest BCUT2D eigenvalue weighted by Gasteiger charge is 2.64. The summed E-state index contributed by atoms with van der Waals surface area (Å²) in [6, 6.07) is 5.45. The maximum atomic E-state index is 14.2. The van der Waals surface area contributed by atoms with Crippen LogP contribution >= 0.6 is 37.4 Å². The highest BCUT2D eigenvalue weighted by atomic mass is 79.9. The fraction of sp³-hybridized carbons (Fsp3) is 0. The smallest absolute Gasteiger partial charge is 0.258 e. The molecule has 0 aliphatic heterocycles. The van der Waals surface area contributed by atoms with Crippen molar-refractivity contribution in [2.24, 2.45) is 0 Å². The van der Waals surface area contributed by atoms with Crippen LogP contribution in [0, 0.1) is 10.1 Å². The number of nitro groups is 1. The van der Waals surface area contributed by atoms with Crippen molar-refractivity contribution in [2.75, 3.05) is 0 Å². The van der Waals surface area contributed by atoms with Gasteiger partial charge in [-0.2, -0.15) is 0 Å². The van der Waals surface area contributed by atoms with Gasteiger partial charge in [0, 0.05) is 22.8 Å². The minimum absolute atomic E-state index is 0.213. The lowest BCUT2D eigenvalue weighted by atomic mass is 10.2. The van der Waals surface area contributed by atoms with E-state index in [0.717, 1.165) is 36.5 Å². The molecular formula is C13H8BrClF4N2O2S. The highest BCUT2D eigenvalue weighted by molar-refractivity contribution is 9.10. The fourth-order valence-electron chi connectivity index (χ4n) is 1.69. The van der Waals surface area contributed by atoms with Gasteiger partial charge in [-0.15, -0.1) is 15.5 Å². The standard InChI is InChI=1S/C13H8BrClF4N2O2S/c14-10-3-6-13(20-7-10)24(16,17,18,19)8-12(15)9-1-4-11(5-2-9)21(22)23/h1-8H/b12-8+. The number of non-ortho nitro benzene ring substituents is 1. The Kier molecular flexibility index (Phi) is 4.23. The Labute approximate surface area is 146 Å². The van der Waals surface area contributed by atoms with Crippen molar-refractivity contribution < 1.29 is 20.5 Å². The van der Waals surface area contributed by atoms with Crippen molar-refractivity contribution >= 4 is 48.1 Å². The summed E-state index contributed by atoms with van der Waals surface area (Å²) in [7, 11) is -8.88. The molecule has 0 spiro atoms. The van der Waals surface area contributed by atoms with Crippen LogP contribution in [-0.2, 0) is 0 Å². The lowest BCUT2D eigenvalue weighted by Crippen LogP contribution is -2.12. The van der Waals surface area contributed by atoms with E-state index in [0.29, 0.717) is 6.07 Å². The van der Waals surface area contributed by atoms with E-state index in [1.54, 1.807) is 0 Å². The summed E-state index contributed by atoms with van der Waals surface area (Å²) in [5.74, 6) is 0. The summed E-state index contributed by atoms with van der Waals surface area (Å²) in [6.45, 7) is 0. The summed E-state index contributed by atoms with van der Waals surface area (Å²) in [5.41, 5.74) is -0.542. The molecule has 0 unspecified atom stereocenters. The second-order valence-corrected chi connectivity index (χ2v) is 8.96. The number of aromatic nitrogens is 1. The molecule has 0 N–H and O–H groups in total. The molecule has 0 atom stereocenters. The molecule has 4 nitrogen and oxygen atoms in total. The average Bonchev–Trinajstić information content (AvgIpc) is 2.46. The first kappa shape index (κ1) is 18.7. The van der Waals surface area contributed by atoms with Crippen LogP contribution in [0.4, 0.5) is 21.2 Å². The van der Waals surface area contributed by atoms with Crippen LogP contribution in [0.1, 0.15) is 5.56 Å². The zero-order valence-electron chi connectivity index (χ0n) is 11.5. The molecule has 2 aromatic rings.